The molecular formula is C22H31N3O+2. The number of likely N-dealkylation sites (tertiary alicyclic amines) is 1. The van der Waals surface area contributed by atoms with Crippen LogP contribution < -0.4 is 15.5 Å². The average Bonchev–Trinajstić information content (AvgIpc) is 2.69. The van der Waals surface area contributed by atoms with Gasteiger partial charge in [-0.05, 0) is 6.92 Å². The summed E-state index contributed by atoms with van der Waals surface area (Å²) < 4.78 is 0. The number of amides is 1. The predicted octanol–water partition coefficient (Wildman–Crippen LogP) is 0.675. The van der Waals surface area contributed by atoms with Gasteiger partial charge in [-0.2, -0.15) is 0 Å². The van der Waals surface area contributed by atoms with E-state index >= 15 is 0 Å². The second-order valence-electron chi connectivity index (χ2n) is 7.39. The predicted molar refractivity (Wildman–Crippen MR) is 104 cm³/mol. The molecule has 1 saturated heterocycles. The highest BCUT2D eigenvalue weighted by molar-refractivity contribution is 5.77. The molecule has 1 aliphatic heterocycles. The fourth-order valence-electron chi connectivity index (χ4n) is 3.69. The third-order valence-corrected chi connectivity index (χ3v) is 5.34. The smallest absolute Gasteiger partial charge is 0.275 e. The van der Waals surface area contributed by atoms with Crippen molar-refractivity contribution in [2.45, 2.75) is 38.4 Å². The zero-order valence-electron chi connectivity index (χ0n) is 15.7. The number of carbonyl (C=O) groups excluding carboxylic acids is 1. The van der Waals surface area contributed by atoms with E-state index < -0.39 is 0 Å². The Morgan fingerprint density at radius 3 is 2.35 bits per heavy atom. The van der Waals surface area contributed by atoms with Crippen LogP contribution >= 0.6 is 0 Å². The minimum absolute atomic E-state index is 0.157. The summed E-state index contributed by atoms with van der Waals surface area (Å²) in [5, 5.41) is 5.34. The number of benzene rings is 2. The first kappa shape index (κ1) is 18.6. The van der Waals surface area contributed by atoms with Crippen LogP contribution in [0.15, 0.2) is 60.7 Å². The molecule has 0 aromatic heterocycles. The fraction of sp³-hybridized carbons (Fsp3) is 0.409. The normalized spacial score (nSPS) is 21.1. The van der Waals surface area contributed by atoms with E-state index in [9.17, 15) is 4.79 Å². The van der Waals surface area contributed by atoms with Crippen LogP contribution in [0.1, 0.15) is 36.9 Å². The Bertz CT molecular complexity index is 666. The van der Waals surface area contributed by atoms with E-state index in [1.54, 1.807) is 4.90 Å². The van der Waals surface area contributed by atoms with E-state index in [4.69, 9.17) is 0 Å². The van der Waals surface area contributed by atoms with E-state index in [-0.39, 0.29) is 5.91 Å². The van der Waals surface area contributed by atoms with Crippen molar-refractivity contribution < 1.29 is 15.0 Å². The van der Waals surface area contributed by atoms with Gasteiger partial charge >= 0.3 is 0 Å². The standard InChI is InChI=1S/C22H29N3O/c1-18(20-10-6-3-7-11-20)23-16-22(26)24-21-12-14-25(15-13-21)17-19-8-4-2-5-9-19/h2-11,18,21,23H,12-17H2,1H3,(H,24,26)/p+2/t18-/m1/s1. The summed E-state index contributed by atoms with van der Waals surface area (Å²) in [4.78, 5) is 13.9. The van der Waals surface area contributed by atoms with Crippen LogP contribution in [-0.2, 0) is 11.3 Å². The second-order valence-corrected chi connectivity index (χ2v) is 7.39. The summed E-state index contributed by atoms with van der Waals surface area (Å²) in [7, 11) is 0. The van der Waals surface area contributed by atoms with E-state index in [2.05, 4.69) is 60.0 Å². The van der Waals surface area contributed by atoms with E-state index in [1.165, 1.54) is 11.1 Å². The van der Waals surface area contributed by atoms with Gasteiger partial charge in [0.2, 0.25) is 0 Å². The molecule has 4 nitrogen and oxygen atoms in total. The SMILES string of the molecule is C[C@@H]([NH2+]CC(=O)NC1CC[NH+](Cc2ccccc2)CC1)c1ccccc1. The summed E-state index contributed by atoms with van der Waals surface area (Å²) in [5.41, 5.74) is 2.66. The molecule has 1 amide bonds. The molecule has 0 spiro atoms. The van der Waals surface area contributed by atoms with E-state index in [0.717, 1.165) is 32.5 Å². The molecule has 0 radical (unpaired) electrons. The first-order valence-electron chi connectivity index (χ1n) is 9.76. The zero-order chi connectivity index (χ0) is 18.2. The molecule has 0 bridgehead atoms. The van der Waals surface area contributed by atoms with Crippen molar-refractivity contribution in [1.29, 1.82) is 0 Å². The summed E-state index contributed by atoms with van der Waals surface area (Å²) in [5.74, 6) is 0.157. The highest BCUT2D eigenvalue weighted by Gasteiger charge is 2.24. The second kappa shape index (κ2) is 9.51. The van der Waals surface area contributed by atoms with Crippen LogP contribution in [0.25, 0.3) is 0 Å². The van der Waals surface area contributed by atoms with E-state index in [1.807, 2.05) is 18.2 Å². The Labute approximate surface area is 156 Å². The van der Waals surface area contributed by atoms with Gasteiger partial charge in [-0.15, -0.1) is 0 Å². The van der Waals surface area contributed by atoms with Gasteiger partial charge in [-0.25, -0.2) is 0 Å². The van der Waals surface area contributed by atoms with E-state index in [0.29, 0.717) is 18.6 Å². The zero-order valence-corrected chi connectivity index (χ0v) is 15.7. The number of hydrogen-bond acceptors (Lipinski definition) is 1. The van der Waals surface area contributed by atoms with Gasteiger partial charge in [-0.3, -0.25) is 4.79 Å². The van der Waals surface area contributed by atoms with Crippen molar-refractivity contribution in [3.8, 4) is 0 Å². The van der Waals surface area contributed by atoms with Crippen molar-refractivity contribution in [3.63, 3.8) is 0 Å². The molecule has 1 fully saturated rings. The molecular weight excluding hydrogens is 322 g/mol. The Kier molecular flexibility index (Phi) is 6.81. The molecule has 0 aliphatic carbocycles. The van der Waals surface area contributed by atoms with Crippen LogP contribution in [0.5, 0.6) is 0 Å². The van der Waals surface area contributed by atoms with Crippen LogP contribution in [-0.4, -0.2) is 31.6 Å². The minimum Gasteiger partial charge on any atom is -0.348 e. The lowest BCUT2D eigenvalue weighted by molar-refractivity contribution is -0.918. The van der Waals surface area contributed by atoms with Crippen molar-refractivity contribution in [1.82, 2.24) is 5.32 Å². The summed E-state index contributed by atoms with van der Waals surface area (Å²) in [6.45, 7) is 5.99. The Balaban J connectivity index is 1.35. The molecule has 1 atom stereocenters. The lowest BCUT2D eigenvalue weighted by atomic mass is 10.0. The molecule has 2 aromatic rings. The summed E-state index contributed by atoms with van der Waals surface area (Å²) in [6, 6.07) is 21.7. The average molecular weight is 354 g/mol. The van der Waals surface area contributed by atoms with Gasteiger partial charge < -0.3 is 15.5 Å². The van der Waals surface area contributed by atoms with Gasteiger partial charge in [0.25, 0.3) is 5.91 Å². The Morgan fingerprint density at radius 2 is 1.69 bits per heavy atom. The van der Waals surface area contributed by atoms with Gasteiger partial charge in [0.05, 0.1) is 13.1 Å². The lowest BCUT2D eigenvalue weighted by Gasteiger charge is -2.29. The molecule has 0 saturated carbocycles. The number of rotatable bonds is 7. The number of nitrogens with one attached hydrogen (secondary N) is 2. The molecule has 138 valence electrons. The molecule has 4 heteroatoms. The highest BCUT2D eigenvalue weighted by atomic mass is 16.2. The van der Waals surface area contributed by atoms with Gasteiger partial charge in [-0.1, -0.05) is 60.7 Å². The molecule has 2 aromatic carbocycles. The number of nitrogens with two attached hydrogens (primary N) is 1. The third kappa shape index (κ3) is 5.68. The lowest BCUT2D eigenvalue weighted by Crippen LogP contribution is -3.12. The van der Waals surface area contributed by atoms with Crippen molar-refractivity contribution in [3.05, 3.63) is 71.8 Å². The van der Waals surface area contributed by atoms with Gasteiger partial charge in [0.1, 0.15) is 12.6 Å². The first-order valence-corrected chi connectivity index (χ1v) is 9.76. The maximum atomic E-state index is 12.3. The Hall–Kier alpha value is -2.17. The molecule has 4 N–H and O–H groups in total. The fourth-order valence-corrected chi connectivity index (χ4v) is 3.69. The third-order valence-electron chi connectivity index (χ3n) is 5.34. The van der Waals surface area contributed by atoms with Crippen molar-refractivity contribution >= 4 is 5.91 Å². The number of carbonyl (C=O) groups is 1. The van der Waals surface area contributed by atoms with Gasteiger partial charge in [0.15, 0.2) is 6.54 Å². The van der Waals surface area contributed by atoms with Crippen LogP contribution in [0.3, 0.4) is 0 Å². The topological polar surface area (TPSA) is 50.1 Å². The monoisotopic (exact) mass is 353 g/mol. The number of piperidine rings is 1. The first-order chi connectivity index (χ1) is 12.7. The van der Waals surface area contributed by atoms with Gasteiger partial charge in [0, 0.05) is 30.0 Å². The molecule has 26 heavy (non-hydrogen) atoms. The summed E-state index contributed by atoms with van der Waals surface area (Å²) >= 11 is 0. The highest BCUT2D eigenvalue weighted by Crippen LogP contribution is 2.06. The van der Waals surface area contributed by atoms with Crippen LogP contribution in [0.4, 0.5) is 0 Å². The molecule has 1 aliphatic rings. The van der Waals surface area contributed by atoms with Crippen molar-refractivity contribution in [2.75, 3.05) is 19.6 Å². The van der Waals surface area contributed by atoms with Crippen LogP contribution in [0.2, 0.25) is 0 Å². The number of hydrogen-bond donors (Lipinski definition) is 3. The molecule has 0 unspecified atom stereocenters. The number of quaternary nitrogens is 2. The summed E-state index contributed by atoms with van der Waals surface area (Å²) in [6.07, 6.45) is 2.14. The Morgan fingerprint density at radius 1 is 1.08 bits per heavy atom. The maximum Gasteiger partial charge on any atom is 0.275 e. The minimum atomic E-state index is 0.157. The van der Waals surface area contributed by atoms with Crippen molar-refractivity contribution in [2.24, 2.45) is 0 Å². The van der Waals surface area contributed by atoms with Crippen LogP contribution in [0, 0.1) is 0 Å². The molecule has 3 rings (SSSR count). The largest absolute Gasteiger partial charge is 0.348 e. The molecule has 1 heterocycles. The maximum absolute atomic E-state index is 12.3. The quantitative estimate of drug-likeness (QED) is 0.673.